The molecule has 0 bridgehead atoms. The molecule has 0 aliphatic carbocycles. The van der Waals surface area contributed by atoms with Crippen LogP contribution in [-0.4, -0.2) is 0 Å². The minimum Gasteiger partial charge on any atom is -0.323 e. The first-order valence-electron chi connectivity index (χ1n) is 6.12. The van der Waals surface area contributed by atoms with Crippen LogP contribution in [0.1, 0.15) is 5.56 Å². The number of hydrogen-bond acceptors (Lipinski definition) is 2. The summed E-state index contributed by atoms with van der Waals surface area (Å²) in [4.78, 5) is 2.06. The Morgan fingerprint density at radius 3 is 2.16 bits per heavy atom. The molecular formula is C17H12N2. The molecule has 0 spiro atoms. The highest BCUT2D eigenvalue weighted by atomic mass is 15.1. The van der Waals surface area contributed by atoms with Crippen LogP contribution in [-0.2, 0) is 0 Å². The van der Waals surface area contributed by atoms with Gasteiger partial charge in [-0.3, -0.25) is 0 Å². The molecule has 0 unspecified atom stereocenters. The lowest BCUT2D eigenvalue weighted by molar-refractivity contribution is 1.30. The molecular weight excluding hydrogens is 232 g/mol. The van der Waals surface area contributed by atoms with Crippen LogP contribution in [0.15, 0.2) is 73.1 Å². The second-order valence-electron chi connectivity index (χ2n) is 4.26. The number of anilines is 1. The van der Waals surface area contributed by atoms with E-state index in [1.165, 1.54) is 0 Å². The van der Waals surface area contributed by atoms with Gasteiger partial charge in [-0.2, -0.15) is 5.26 Å². The van der Waals surface area contributed by atoms with Gasteiger partial charge < -0.3 is 4.90 Å². The molecule has 1 aliphatic rings. The number of fused-ring (bicyclic) bond motifs is 1. The molecule has 19 heavy (non-hydrogen) atoms. The van der Waals surface area contributed by atoms with E-state index in [0.29, 0.717) is 5.56 Å². The van der Waals surface area contributed by atoms with E-state index in [9.17, 15) is 5.26 Å². The maximum absolute atomic E-state index is 9.18. The maximum atomic E-state index is 9.18. The molecule has 2 aromatic carbocycles. The van der Waals surface area contributed by atoms with Gasteiger partial charge in [-0.05, 0) is 24.3 Å². The monoisotopic (exact) mass is 244 g/mol. The number of benzene rings is 2. The number of nitrogens with zero attached hydrogens (tertiary/aromatic N) is 2. The zero-order chi connectivity index (χ0) is 13.1. The molecule has 0 saturated heterocycles. The van der Waals surface area contributed by atoms with Crippen molar-refractivity contribution in [2.45, 2.75) is 0 Å². The smallest absolute Gasteiger partial charge is 0.0998 e. The van der Waals surface area contributed by atoms with Gasteiger partial charge in [0.15, 0.2) is 0 Å². The molecule has 2 heteroatoms. The lowest BCUT2D eigenvalue weighted by Crippen LogP contribution is -2.06. The first kappa shape index (κ1) is 11.3. The largest absolute Gasteiger partial charge is 0.323 e. The average Bonchev–Trinajstić information content (AvgIpc) is 2.75. The molecule has 0 radical (unpaired) electrons. The second kappa shape index (κ2) is 4.83. The molecule has 1 aliphatic heterocycles. The van der Waals surface area contributed by atoms with Crippen LogP contribution in [0.2, 0.25) is 0 Å². The zero-order valence-corrected chi connectivity index (χ0v) is 10.3. The van der Waals surface area contributed by atoms with Crippen molar-refractivity contribution >= 4 is 16.5 Å². The third-order valence-electron chi connectivity index (χ3n) is 3.13. The van der Waals surface area contributed by atoms with Crippen LogP contribution < -0.4 is 4.90 Å². The van der Waals surface area contributed by atoms with Gasteiger partial charge in [0.05, 0.1) is 17.3 Å². The van der Waals surface area contributed by atoms with Crippen LogP contribution in [0.3, 0.4) is 0 Å². The van der Waals surface area contributed by atoms with Gasteiger partial charge in [0.1, 0.15) is 0 Å². The summed E-state index contributed by atoms with van der Waals surface area (Å²) in [5.74, 6) is 0. The van der Waals surface area contributed by atoms with Crippen molar-refractivity contribution in [3.8, 4) is 6.07 Å². The van der Waals surface area contributed by atoms with Gasteiger partial charge in [-0.15, -0.1) is 0 Å². The van der Waals surface area contributed by atoms with Crippen molar-refractivity contribution in [2.24, 2.45) is 0 Å². The maximum Gasteiger partial charge on any atom is 0.0998 e. The predicted molar refractivity (Wildman–Crippen MR) is 78.6 cm³/mol. The van der Waals surface area contributed by atoms with Crippen LogP contribution >= 0.6 is 0 Å². The molecule has 0 amide bonds. The fourth-order valence-corrected chi connectivity index (χ4v) is 2.23. The third-order valence-corrected chi connectivity index (χ3v) is 3.13. The Kier molecular flexibility index (Phi) is 2.88. The van der Waals surface area contributed by atoms with Crippen molar-refractivity contribution < 1.29 is 0 Å². The fraction of sp³-hybridized carbons (Fsp3) is 0. The number of nitriles is 1. The summed E-state index contributed by atoms with van der Waals surface area (Å²) >= 11 is 0. The minimum atomic E-state index is 0.709. The number of rotatable bonds is 1. The van der Waals surface area contributed by atoms with Crippen LogP contribution in [0, 0.1) is 11.3 Å². The highest BCUT2D eigenvalue weighted by molar-refractivity contribution is 5.98. The molecule has 0 fully saturated rings. The van der Waals surface area contributed by atoms with Crippen molar-refractivity contribution in [1.82, 2.24) is 0 Å². The Balaban J connectivity index is 2.23. The SMILES string of the molecule is N#Cc1ccc(N2C=CC=CC=C2)c2ccccc12. The molecule has 0 N–H and O–H groups in total. The summed E-state index contributed by atoms with van der Waals surface area (Å²) in [7, 11) is 0. The number of allylic oxidation sites excluding steroid dienone is 4. The Bertz CT molecular complexity index is 729. The van der Waals surface area contributed by atoms with E-state index in [2.05, 4.69) is 11.0 Å². The molecule has 1 heterocycles. The van der Waals surface area contributed by atoms with Gasteiger partial charge in [-0.1, -0.05) is 36.4 Å². The molecule has 0 aromatic heterocycles. The Morgan fingerprint density at radius 1 is 0.789 bits per heavy atom. The van der Waals surface area contributed by atoms with Crippen molar-refractivity contribution in [2.75, 3.05) is 4.90 Å². The van der Waals surface area contributed by atoms with E-state index in [0.717, 1.165) is 16.5 Å². The summed E-state index contributed by atoms with van der Waals surface area (Å²) < 4.78 is 0. The summed E-state index contributed by atoms with van der Waals surface area (Å²) in [5.41, 5.74) is 1.78. The van der Waals surface area contributed by atoms with E-state index in [-0.39, 0.29) is 0 Å². The average molecular weight is 244 g/mol. The lowest BCUT2D eigenvalue weighted by atomic mass is 10.0. The van der Waals surface area contributed by atoms with Crippen LogP contribution in [0.5, 0.6) is 0 Å². The van der Waals surface area contributed by atoms with Crippen molar-refractivity contribution in [3.63, 3.8) is 0 Å². The topological polar surface area (TPSA) is 27.0 Å². The van der Waals surface area contributed by atoms with E-state index < -0.39 is 0 Å². The number of hydrogen-bond donors (Lipinski definition) is 0. The summed E-state index contributed by atoms with van der Waals surface area (Å²) in [6.45, 7) is 0. The van der Waals surface area contributed by atoms with Crippen molar-refractivity contribution in [3.05, 3.63) is 78.7 Å². The first-order valence-corrected chi connectivity index (χ1v) is 6.12. The van der Waals surface area contributed by atoms with Crippen LogP contribution in [0.4, 0.5) is 5.69 Å². The molecule has 2 nitrogen and oxygen atoms in total. The highest BCUT2D eigenvalue weighted by Crippen LogP contribution is 2.30. The Morgan fingerprint density at radius 2 is 1.47 bits per heavy atom. The molecule has 3 rings (SSSR count). The molecule has 0 saturated carbocycles. The second-order valence-corrected chi connectivity index (χ2v) is 4.26. The highest BCUT2D eigenvalue weighted by Gasteiger charge is 2.08. The third kappa shape index (κ3) is 2.02. The van der Waals surface area contributed by atoms with E-state index in [4.69, 9.17) is 0 Å². The Labute approximate surface area is 112 Å². The standard InChI is InChI=1S/C17H12N2/c18-13-14-9-10-17(16-8-4-3-7-15(14)16)19-11-5-1-2-6-12-19/h1-12H. The fourth-order valence-electron chi connectivity index (χ4n) is 2.23. The Hall–Kier alpha value is -2.79. The molecule has 0 atom stereocenters. The van der Waals surface area contributed by atoms with Crippen molar-refractivity contribution in [1.29, 1.82) is 5.26 Å². The quantitative estimate of drug-likeness (QED) is 0.754. The van der Waals surface area contributed by atoms with Crippen LogP contribution in [0.25, 0.3) is 10.8 Å². The predicted octanol–water partition coefficient (Wildman–Crippen LogP) is 4.12. The normalized spacial score (nSPS) is 13.5. The van der Waals surface area contributed by atoms with Gasteiger partial charge in [-0.25, -0.2) is 0 Å². The van der Waals surface area contributed by atoms with Gasteiger partial charge in [0.2, 0.25) is 0 Å². The minimum absolute atomic E-state index is 0.709. The van der Waals surface area contributed by atoms with E-state index in [1.54, 1.807) is 0 Å². The van der Waals surface area contributed by atoms with E-state index in [1.807, 2.05) is 73.1 Å². The summed E-state index contributed by atoms with van der Waals surface area (Å²) in [6.07, 6.45) is 12.0. The summed E-state index contributed by atoms with van der Waals surface area (Å²) in [6, 6.07) is 14.1. The summed E-state index contributed by atoms with van der Waals surface area (Å²) in [5, 5.41) is 11.2. The molecule has 90 valence electrons. The van der Waals surface area contributed by atoms with Gasteiger partial charge in [0, 0.05) is 23.2 Å². The van der Waals surface area contributed by atoms with E-state index >= 15 is 0 Å². The van der Waals surface area contributed by atoms with Gasteiger partial charge in [0.25, 0.3) is 0 Å². The zero-order valence-electron chi connectivity index (χ0n) is 10.3. The van der Waals surface area contributed by atoms with Gasteiger partial charge >= 0.3 is 0 Å². The first-order chi connectivity index (χ1) is 9.40. The molecule has 2 aromatic rings. The lowest BCUT2D eigenvalue weighted by Gasteiger charge is -2.18.